The van der Waals surface area contributed by atoms with Gasteiger partial charge >= 0.3 is 0 Å². The molecule has 0 unspecified atom stereocenters. The van der Waals surface area contributed by atoms with Crippen molar-refractivity contribution in [2.45, 2.75) is 20.3 Å². The van der Waals surface area contributed by atoms with Crippen LogP contribution in [0, 0.1) is 0 Å². The van der Waals surface area contributed by atoms with E-state index in [0.717, 1.165) is 12.8 Å². The molecule has 0 bridgehead atoms. The molecule has 8 heavy (non-hydrogen) atoms. The van der Waals surface area contributed by atoms with Gasteiger partial charge in [0.2, 0.25) is 0 Å². The van der Waals surface area contributed by atoms with Crippen molar-refractivity contribution in [2.75, 3.05) is 0 Å². The number of hydrogen-bond acceptors (Lipinski definition) is 0. The summed E-state index contributed by atoms with van der Waals surface area (Å²) < 4.78 is 0. The van der Waals surface area contributed by atoms with Gasteiger partial charge in [0.1, 0.15) is 0 Å². The predicted octanol–water partition coefficient (Wildman–Crippen LogP) is 2.53. The normalized spacial score (nSPS) is 14.0. The quantitative estimate of drug-likeness (QED) is 0.418. The molecule has 0 spiro atoms. The maximum atomic E-state index is 2.18. The summed E-state index contributed by atoms with van der Waals surface area (Å²) >= 11 is 0. The molecule has 0 N–H and O–H groups in total. The summed E-state index contributed by atoms with van der Waals surface area (Å²) in [5, 5.41) is 0. The van der Waals surface area contributed by atoms with Crippen LogP contribution in [0.2, 0.25) is 0 Å². The number of hydrogen-bond donors (Lipinski definition) is 0. The molecule has 0 heterocycles. The summed E-state index contributed by atoms with van der Waals surface area (Å²) in [6.07, 6.45) is 11.0. The van der Waals surface area contributed by atoms with E-state index in [9.17, 15) is 0 Å². The summed E-state index contributed by atoms with van der Waals surface area (Å²) in [4.78, 5) is 0. The van der Waals surface area contributed by atoms with Gasteiger partial charge in [-0.15, -0.1) is 0 Å². The fraction of sp³-hybridized carbons (Fsp3) is 0.429. The summed E-state index contributed by atoms with van der Waals surface area (Å²) in [6, 6.07) is 0. The van der Waals surface area contributed by atoms with Gasteiger partial charge in [0, 0.05) is 20.4 Å². The molecule has 1 rings (SSSR count). The molecule has 1 aliphatic carbocycles. The van der Waals surface area contributed by atoms with Crippen molar-refractivity contribution in [1.82, 2.24) is 0 Å². The van der Waals surface area contributed by atoms with E-state index < -0.39 is 0 Å². The van der Waals surface area contributed by atoms with Gasteiger partial charge in [0.25, 0.3) is 0 Å². The predicted molar refractivity (Wildman–Crippen MR) is 34.2 cm³/mol. The molecule has 0 aromatic heterocycles. The van der Waals surface area contributed by atoms with Gasteiger partial charge < -0.3 is 0 Å². The first-order chi connectivity index (χ1) is 3.00. The van der Waals surface area contributed by atoms with Gasteiger partial charge in [-0.05, 0) is 12.8 Å². The Labute approximate surface area is 65.3 Å². The third kappa shape index (κ3) is 4.31. The molecule has 0 amide bonds. The summed E-state index contributed by atoms with van der Waals surface area (Å²) in [7, 11) is 0. The van der Waals surface area contributed by atoms with Gasteiger partial charge in [-0.25, -0.2) is 0 Å². The SMILES string of the molecule is C.C1=CCC=CC1.[Pd]. The molecule has 0 saturated heterocycles. The zero-order valence-corrected chi connectivity index (χ0v) is 5.59. The van der Waals surface area contributed by atoms with Gasteiger partial charge in [-0.1, -0.05) is 31.7 Å². The third-order valence-electron chi connectivity index (χ3n) is 0.878. The first-order valence-electron chi connectivity index (χ1n) is 2.30. The number of allylic oxidation sites excluding steroid dienone is 4. The van der Waals surface area contributed by atoms with Crippen LogP contribution in [-0.2, 0) is 20.4 Å². The Hall–Kier alpha value is 0.142. The standard InChI is InChI=1S/C6H8.CH4.Pd/c1-2-4-6-5-3-1;;/h1-2,5-6H,3-4H2;1H4;. The monoisotopic (exact) mass is 202 g/mol. The molecule has 1 aliphatic rings. The van der Waals surface area contributed by atoms with E-state index in [2.05, 4.69) is 24.3 Å². The Kier molecular flexibility index (Phi) is 9.83. The molecule has 0 aromatic rings. The van der Waals surface area contributed by atoms with Crippen molar-refractivity contribution >= 4 is 0 Å². The van der Waals surface area contributed by atoms with E-state index in [0.29, 0.717) is 0 Å². The summed E-state index contributed by atoms with van der Waals surface area (Å²) in [5.74, 6) is 0. The average molecular weight is 203 g/mol. The third-order valence-corrected chi connectivity index (χ3v) is 0.878. The van der Waals surface area contributed by atoms with Crippen molar-refractivity contribution in [3.8, 4) is 0 Å². The second-order valence-corrected chi connectivity index (χ2v) is 1.41. The zero-order chi connectivity index (χ0) is 4.24. The fourth-order valence-corrected chi connectivity index (χ4v) is 0.542. The van der Waals surface area contributed by atoms with Crippen LogP contribution in [0.15, 0.2) is 24.3 Å². The fourth-order valence-electron chi connectivity index (χ4n) is 0.542. The molecule has 0 atom stereocenters. The van der Waals surface area contributed by atoms with E-state index in [4.69, 9.17) is 0 Å². The molecule has 0 nitrogen and oxygen atoms in total. The molecule has 50 valence electrons. The van der Waals surface area contributed by atoms with E-state index in [1.807, 2.05) is 0 Å². The van der Waals surface area contributed by atoms with Gasteiger partial charge in [-0.3, -0.25) is 0 Å². The van der Waals surface area contributed by atoms with E-state index in [1.165, 1.54) is 0 Å². The van der Waals surface area contributed by atoms with Crippen molar-refractivity contribution in [3.63, 3.8) is 0 Å². The Morgan fingerprint density at radius 3 is 1.12 bits per heavy atom. The minimum absolute atomic E-state index is 0. The molecule has 0 aromatic carbocycles. The summed E-state index contributed by atoms with van der Waals surface area (Å²) in [6.45, 7) is 0. The Bertz CT molecular complexity index is 62.4. The van der Waals surface area contributed by atoms with Crippen LogP contribution in [0.25, 0.3) is 0 Å². The van der Waals surface area contributed by atoms with Crippen LogP contribution in [0.1, 0.15) is 20.3 Å². The maximum absolute atomic E-state index is 2.18. The first kappa shape index (κ1) is 11.0. The van der Waals surface area contributed by atoms with Crippen molar-refractivity contribution in [3.05, 3.63) is 24.3 Å². The van der Waals surface area contributed by atoms with Crippen molar-refractivity contribution < 1.29 is 20.4 Å². The van der Waals surface area contributed by atoms with E-state index in [-0.39, 0.29) is 27.8 Å². The van der Waals surface area contributed by atoms with Crippen molar-refractivity contribution in [2.24, 2.45) is 0 Å². The molecule has 0 saturated carbocycles. The Balaban J connectivity index is 0. The van der Waals surface area contributed by atoms with Gasteiger partial charge in [0.15, 0.2) is 0 Å². The second kappa shape index (κ2) is 7.14. The molecule has 0 fully saturated rings. The molecular weight excluding hydrogens is 190 g/mol. The van der Waals surface area contributed by atoms with Gasteiger partial charge in [-0.2, -0.15) is 0 Å². The van der Waals surface area contributed by atoms with E-state index >= 15 is 0 Å². The Morgan fingerprint density at radius 2 is 1.00 bits per heavy atom. The minimum Gasteiger partial charge on any atom is -0.0844 e. The van der Waals surface area contributed by atoms with Crippen LogP contribution in [0.3, 0.4) is 0 Å². The zero-order valence-electron chi connectivity index (χ0n) is 4.04. The van der Waals surface area contributed by atoms with E-state index in [1.54, 1.807) is 0 Å². The first-order valence-corrected chi connectivity index (χ1v) is 2.30. The van der Waals surface area contributed by atoms with Crippen LogP contribution < -0.4 is 0 Å². The number of rotatable bonds is 0. The molecule has 0 radical (unpaired) electrons. The van der Waals surface area contributed by atoms with Crippen LogP contribution in [0.4, 0.5) is 0 Å². The second-order valence-electron chi connectivity index (χ2n) is 1.41. The van der Waals surface area contributed by atoms with Crippen LogP contribution in [0.5, 0.6) is 0 Å². The molecule has 0 aliphatic heterocycles. The molecular formula is C7H12Pd. The van der Waals surface area contributed by atoms with Crippen LogP contribution >= 0.6 is 0 Å². The largest absolute Gasteiger partial charge is 0.0844 e. The van der Waals surface area contributed by atoms with Crippen molar-refractivity contribution in [1.29, 1.82) is 0 Å². The Morgan fingerprint density at radius 1 is 0.750 bits per heavy atom. The maximum Gasteiger partial charge on any atom is 0 e. The van der Waals surface area contributed by atoms with Gasteiger partial charge in [0.05, 0.1) is 0 Å². The average Bonchev–Trinajstić information content (AvgIpc) is 1.72. The summed E-state index contributed by atoms with van der Waals surface area (Å²) in [5.41, 5.74) is 0. The van der Waals surface area contributed by atoms with Crippen LogP contribution in [-0.4, -0.2) is 0 Å². The minimum atomic E-state index is 0. The smallest absolute Gasteiger partial charge is 0 e. The molecule has 1 heteroatoms. The topological polar surface area (TPSA) is 0 Å².